The molecule has 0 unspecified atom stereocenters. The number of carbonyl (C=O) groups is 1. The van der Waals surface area contributed by atoms with Crippen LogP contribution in [0, 0.1) is 20.8 Å². The van der Waals surface area contributed by atoms with Crippen LogP contribution >= 0.6 is 11.3 Å². The van der Waals surface area contributed by atoms with Crippen molar-refractivity contribution in [1.29, 1.82) is 0 Å². The van der Waals surface area contributed by atoms with Crippen molar-refractivity contribution < 1.29 is 13.9 Å². The van der Waals surface area contributed by atoms with E-state index >= 15 is 0 Å². The lowest BCUT2D eigenvalue weighted by Crippen LogP contribution is -2.08. The second-order valence-electron chi connectivity index (χ2n) is 7.14. The summed E-state index contributed by atoms with van der Waals surface area (Å²) in [6, 6.07) is 9.93. The Bertz CT molecular complexity index is 1280. The summed E-state index contributed by atoms with van der Waals surface area (Å²) in [5.41, 5.74) is 5.58. The van der Waals surface area contributed by atoms with E-state index in [4.69, 9.17) is 9.15 Å². The molecule has 1 amide bonds. The van der Waals surface area contributed by atoms with Gasteiger partial charge in [0.05, 0.1) is 17.3 Å². The van der Waals surface area contributed by atoms with Gasteiger partial charge in [-0.05, 0) is 62.6 Å². The Morgan fingerprint density at radius 1 is 1.21 bits per heavy atom. The first kappa shape index (κ1) is 19.2. The fourth-order valence-electron chi connectivity index (χ4n) is 3.35. The number of furan rings is 1. The van der Waals surface area contributed by atoms with Crippen molar-refractivity contribution in [3.8, 4) is 5.75 Å². The number of fused-ring (bicyclic) bond motifs is 2. The van der Waals surface area contributed by atoms with Gasteiger partial charge >= 0.3 is 0 Å². The van der Waals surface area contributed by atoms with E-state index in [9.17, 15) is 4.79 Å². The zero-order valence-electron chi connectivity index (χ0n) is 17.0. The molecule has 0 saturated carbocycles. The molecule has 0 radical (unpaired) electrons. The summed E-state index contributed by atoms with van der Waals surface area (Å²) in [7, 11) is 1.61. The Balaban J connectivity index is 1.64. The lowest BCUT2D eigenvalue weighted by Gasteiger charge is -2.09. The van der Waals surface area contributed by atoms with Crippen molar-refractivity contribution in [3.63, 3.8) is 0 Å². The molecular formula is C23H22N2O3S. The number of nitrogens with zero attached hydrogens (tertiary/aromatic N) is 1. The molecule has 0 saturated heterocycles. The quantitative estimate of drug-likeness (QED) is 0.421. The van der Waals surface area contributed by atoms with E-state index < -0.39 is 0 Å². The fourth-order valence-corrected chi connectivity index (χ4v) is 4.31. The molecule has 0 aliphatic carbocycles. The molecule has 6 heteroatoms. The third kappa shape index (κ3) is 3.63. The number of rotatable bonds is 4. The summed E-state index contributed by atoms with van der Waals surface area (Å²) >= 11 is 1.47. The largest absolute Gasteiger partial charge is 0.496 e. The molecule has 0 aliphatic rings. The second-order valence-corrected chi connectivity index (χ2v) is 8.17. The molecule has 0 fully saturated rings. The maximum Gasteiger partial charge on any atom is 0.250 e. The van der Waals surface area contributed by atoms with E-state index in [0.717, 1.165) is 43.6 Å². The van der Waals surface area contributed by atoms with Gasteiger partial charge in [-0.1, -0.05) is 17.4 Å². The van der Waals surface area contributed by atoms with E-state index in [0.29, 0.717) is 10.9 Å². The molecule has 0 atom stereocenters. The number of benzene rings is 2. The molecule has 29 heavy (non-hydrogen) atoms. The highest BCUT2D eigenvalue weighted by Gasteiger charge is 2.14. The van der Waals surface area contributed by atoms with Gasteiger partial charge in [0.25, 0.3) is 0 Å². The minimum Gasteiger partial charge on any atom is -0.496 e. The minimum atomic E-state index is -0.222. The lowest BCUT2D eigenvalue weighted by atomic mass is 10.0. The molecule has 1 N–H and O–H groups in total. The van der Waals surface area contributed by atoms with Gasteiger partial charge in [0.2, 0.25) is 5.91 Å². The molecule has 4 rings (SSSR count). The van der Waals surface area contributed by atoms with Crippen molar-refractivity contribution >= 4 is 49.1 Å². The highest BCUT2D eigenvalue weighted by molar-refractivity contribution is 7.22. The van der Waals surface area contributed by atoms with Crippen LogP contribution in [0.15, 0.2) is 40.8 Å². The third-order valence-corrected chi connectivity index (χ3v) is 5.98. The summed E-state index contributed by atoms with van der Waals surface area (Å²) in [5.74, 6) is 1.33. The summed E-state index contributed by atoms with van der Waals surface area (Å²) < 4.78 is 12.4. The molecule has 0 aliphatic heterocycles. The van der Waals surface area contributed by atoms with E-state index in [1.165, 1.54) is 16.9 Å². The number of allylic oxidation sites excluding steroid dienone is 1. The van der Waals surface area contributed by atoms with Gasteiger partial charge in [0, 0.05) is 23.1 Å². The zero-order chi connectivity index (χ0) is 20.7. The summed E-state index contributed by atoms with van der Waals surface area (Å²) in [6.07, 6.45) is 1.57. The molecule has 4 aromatic rings. The minimum absolute atomic E-state index is 0.222. The highest BCUT2D eigenvalue weighted by Crippen LogP contribution is 2.35. The number of amides is 1. The Labute approximate surface area is 173 Å². The number of hydrogen-bond donors (Lipinski definition) is 1. The molecule has 0 bridgehead atoms. The maximum atomic E-state index is 12.6. The fraction of sp³-hybridized carbons (Fsp3) is 0.217. The topological polar surface area (TPSA) is 64.4 Å². The highest BCUT2D eigenvalue weighted by atomic mass is 32.1. The number of aromatic nitrogens is 1. The van der Waals surface area contributed by atoms with Crippen LogP contribution < -0.4 is 10.1 Å². The van der Waals surface area contributed by atoms with Gasteiger partial charge in [-0.15, -0.1) is 0 Å². The van der Waals surface area contributed by atoms with Crippen LogP contribution in [0.5, 0.6) is 5.75 Å². The average molecular weight is 407 g/mol. The summed E-state index contributed by atoms with van der Waals surface area (Å²) in [4.78, 5) is 17.1. The molecule has 2 heterocycles. The Morgan fingerprint density at radius 2 is 2.00 bits per heavy atom. The predicted molar refractivity (Wildman–Crippen MR) is 119 cm³/mol. The van der Waals surface area contributed by atoms with E-state index in [1.54, 1.807) is 13.2 Å². The normalized spacial score (nSPS) is 12.0. The molecule has 5 nitrogen and oxygen atoms in total. The number of methoxy groups -OCH3 is 1. The van der Waals surface area contributed by atoms with Crippen molar-refractivity contribution in [2.24, 2.45) is 0 Å². The first-order valence-corrected chi connectivity index (χ1v) is 10.1. The molecular weight excluding hydrogens is 384 g/mol. The van der Waals surface area contributed by atoms with Gasteiger partial charge in [-0.25, -0.2) is 4.98 Å². The van der Waals surface area contributed by atoms with Crippen LogP contribution in [0.25, 0.3) is 26.8 Å². The number of thiazole rings is 1. The van der Waals surface area contributed by atoms with Crippen LogP contribution in [-0.4, -0.2) is 18.0 Å². The number of anilines is 1. The Morgan fingerprint density at radius 3 is 2.76 bits per heavy atom. The van der Waals surface area contributed by atoms with Gasteiger partial charge in [0.15, 0.2) is 5.13 Å². The smallest absolute Gasteiger partial charge is 0.250 e. The second kappa shape index (κ2) is 7.37. The number of aryl methyl sites for hydroxylation is 3. The predicted octanol–water partition coefficient (Wildman–Crippen LogP) is 6.02. The number of hydrogen-bond acceptors (Lipinski definition) is 5. The van der Waals surface area contributed by atoms with Crippen molar-refractivity contribution in [3.05, 3.63) is 58.9 Å². The standard InChI is InChI=1S/C23H22N2O3S/c1-12-6-7-18-21(8-12)29-23(24-18)25-22(26)9-13(2)16-10-17-14(3)15(4)28-20(17)11-19(16)27-5/h6-11H,1-5H3,(H,24,25,26)/b13-9+. The van der Waals surface area contributed by atoms with Crippen LogP contribution in [-0.2, 0) is 4.79 Å². The maximum absolute atomic E-state index is 12.6. The first-order valence-electron chi connectivity index (χ1n) is 9.30. The third-order valence-electron chi connectivity index (χ3n) is 5.04. The zero-order valence-corrected chi connectivity index (χ0v) is 17.9. The van der Waals surface area contributed by atoms with E-state index in [-0.39, 0.29) is 5.91 Å². The van der Waals surface area contributed by atoms with Gasteiger partial charge in [0.1, 0.15) is 17.1 Å². The Hall–Kier alpha value is -3.12. The van der Waals surface area contributed by atoms with Crippen LogP contribution in [0.4, 0.5) is 5.13 Å². The molecule has 148 valence electrons. The average Bonchev–Trinajstić information content (AvgIpc) is 3.19. The number of carbonyl (C=O) groups excluding carboxylic acids is 1. The van der Waals surface area contributed by atoms with Crippen molar-refractivity contribution in [2.75, 3.05) is 12.4 Å². The van der Waals surface area contributed by atoms with E-state index in [2.05, 4.69) is 16.4 Å². The summed E-state index contributed by atoms with van der Waals surface area (Å²) in [5, 5.41) is 4.48. The van der Waals surface area contributed by atoms with Crippen LogP contribution in [0.1, 0.15) is 29.4 Å². The monoisotopic (exact) mass is 406 g/mol. The van der Waals surface area contributed by atoms with Crippen LogP contribution in [0.3, 0.4) is 0 Å². The molecule has 2 aromatic carbocycles. The van der Waals surface area contributed by atoms with Crippen LogP contribution in [0.2, 0.25) is 0 Å². The van der Waals surface area contributed by atoms with Gasteiger partial charge in [-0.3, -0.25) is 10.1 Å². The van der Waals surface area contributed by atoms with Gasteiger partial charge < -0.3 is 9.15 Å². The number of ether oxygens (including phenoxy) is 1. The lowest BCUT2D eigenvalue weighted by molar-refractivity contribution is -0.111. The van der Waals surface area contributed by atoms with Gasteiger partial charge in [-0.2, -0.15) is 0 Å². The SMILES string of the molecule is COc1cc2oc(C)c(C)c2cc1/C(C)=C/C(=O)Nc1nc2ccc(C)cc2s1. The Kier molecular flexibility index (Phi) is 4.88. The van der Waals surface area contributed by atoms with E-state index in [1.807, 2.05) is 52.0 Å². The summed E-state index contributed by atoms with van der Waals surface area (Å²) in [6.45, 7) is 7.90. The first-order chi connectivity index (χ1) is 13.9. The van der Waals surface area contributed by atoms with Crippen molar-refractivity contribution in [2.45, 2.75) is 27.7 Å². The van der Waals surface area contributed by atoms with Crippen molar-refractivity contribution in [1.82, 2.24) is 4.98 Å². The number of nitrogens with one attached hydrogen (secondary N) is 1. The molecule has 2 aromatic heterocycles. The molecule has 0 spiro atoms.